The fourth-order valence-electron chi connectivity index (χ4n) is 4.69. The molecule has 1 fully saturated rings. The molecule has 0 spiro atoms. The summed E-state index contributed by atoms with van der Waals surface area (Å²) >= 11 is 0. The van der Waals surface area contributed by atoms with E-state index in [-0.39, 0.29) is 17.2 Å². The Hall–Kier alpha value is -2.82. The number of sulfonamides is 1. The fourth-order valence-corrected chi connectivity index (χ4v) is 5.50. The molecular formula is C24H26F2N2O5S. The molecule has 10 heteroatoms. The van der Waals surface area contributed by atoms with Crippen molar-refractivity contribution in [3.05, 3.63) is 71.4 Å². The van der Waals surface area contributed by atoms with Gasteiger partial charge in [-0.1, -0.05) is 18.2 Å². The molecule has 1 heterocycles. The molecule has 3 N–H and O–H groups in total. The zero-order valence-electron chi connectivity index (χ0n) is 18.8. The Morgan fingerprint density at radius 1 is 1.24 bits per heavy atom. The van der Waals surface area contributed by atoms with E-state index in [9.17, 15) is 27.4 Å². The summed E-state index contributed by atoms with van der Waals surface area (Å²) in [4.78, 5) is 4.46. The highest BCUT2D eigenvalue weighted by atomic mass is 32.2. The van der Waals surface area contributed by atoms with Gasteiger partial charge in [0.05, 0.1) is 17.8 Å². The third kappa shape index (κ3) is 4.98. The highest BCUT2D eigenvalue weighted by Crippen LogP contribution is 2.45. The summed E-state index contributed by atoms with van der Waals surface area (Å²) in [6.07, 6.45) is 3.43. The summed E-state index contributed by atoms with van der Waals surface area (Å²) in [5, 5.41) is 20.0. The van der Waals surface area contributed by atoms with Gasteiger partial charge in [0.25, 0.3) is 0 Å². The van der Waals surface area contributed by atoms with Gasteiger partial charge in [-0.2, -0.15) is 0 Å². The van der Waals surface area contributed by atoms with E-state index in [4.69, 9.17) is 4.42 Å². The van der Waals surface area contributed by atoms with Crippen LogP contribution in [0.1, 0.15) is 49.4 Å². The number of oxazole rings is 1. The van der Waals surface area contributed by atoms with Crippen LogP contribution in [0.15, 0.2) is 47.1 Å². The smallest absolute Gasteiger partial charge is 0.208 e. The van der Waals surface area contributed by atoms with Crippen LogP contribution in [0.2, 0.25) is 0 Å². The third-order valence-corrected chi connectivity index (χ3v) is 7.00. The molecule has 1 aromatic heterocycles. The molecule has 0 radical (unpaired) electrons. The quantitative estimate of drug-likeness (QED) is 0.460. The monoisotopic (exact) mass is 492 g/mol. The summed E-state index contributed by atoms with van der Waals surface area (Å²) in [7, 11) is -3.43. The second kappa shape index (κ2) is 9.09. The van der Waals surface area contributed by atoms with Gasteiger partial charge in [0, 0.05) is 17.2 Å². The molecule has 7 nitrogen and oxygen atoms in total. The van der Waals surface area contributed by atoms with Crippen LogP contribution in [0, 0.1) is 11.6 Å². The van der Waals surface area contributed by atoms with Crippen LogP contribution >= 0.6 is 0 Å². The van der Waals surface area contributed by atoms with E-state index in [1.54, 1.807) is 19.1 Å². The summed E-state index contributed by atoms with van der Waals surface area (Å²) in [6, 6.07) is 7.95. The molecule has 0 bridgehead atoms. The SMILES string of the molecule is C[C@@H](O)c1coc([C@@]2(Cc3ccc(F)c(-c4cccc(F)c4O)c3)CC[C@H](NS(C)(=O)=O)C2)n1. The van der Waals surface area contributed by atoms with Gasteiger partial charge in [-0.15, -0.1) is 0 Å². The lowest BCUT2D eigenvalue weighted by atomic mass is 9.79. The predicted octanol–water partition coefficient (Wildman–Crippen LogP) is 3.96. The zero-order valence-corrected chi connectivity index (χ0v) is 19.6. The van der Waals surface area contributed by atoms with Crippen molar-refractivity contribution in [1.29, 1.82) is 0 Å². The number of halogens is 2. The zero-order chi connectivity index (χ0) is 24.7. The number of hydrogen-bond acceptors (Lipinski definition) is 6. The molecule has 4 rings (SSSR count). The first-order valence-electron chi connectivity index (χ1n) is 10.8. The van der Waals surface area contributed by atoms with E-state index in [1.807, 2.05) is 0 Å². The maximum absolute atomic E-state index is 14.7. The first-order chi connectivity index (χ1) is 16.0. The minimum absolute atomic E-state index is 0.0314. The van der Waals surface area contributed by atoms with E-state index in [0.29, 0.717) is 42.8 Å². The van der Waals surface area contributed by atoms with Gasteiger partial charge in [0.1, 0.15) is 17.8 Å². The van der Waals surface area contributed by atoms with Gasteiger partial charge in [-0.25, -0.2) is 26.9 Å². The fraction of sp³-hybridized carbons (Fsp3) is 0.375. The largest absolute Gasteiger partial charge is 0.504 e. The average molecular weight is 493 g/mol. The molecule has 2 aromatic carbocycles. The first-order valence-corrected chi connectivity index (χ1v) is 12.7. The van der Waals surface area contributed by atoms with Crippen LogP contribution in [0.25, 0.3) is 11.1 Å². The number of rotatable bonds is 7. The number of phenols is 1. The summed E-state index contributed by atoms with van der Waals surface area (Å²) in [6.45, 7) is 1.56. The second-order valence-electron chi connectivity index (χ2n) is 8.99. The Kier molecular flexibility index (Phi) is 6.50. The molecule has 0 aliphatic heterocycles. The summed E-state index contributed by atoms with van der Waals surface area (Å²) in [5.74, 6) is -1.74. The molecular weight excluding hydrogens is 466 g/mol. The van der Waals surface area contributed by atoms with E-state index in [2.05, 4.69) is 9.71 Å². The maximum atomic E-state index is 14.7. The highest BCUT2D eigenvalue weighted by Gasteiger charge is 2.45. The lowest BCUT2D eigenvalue weighted by Gasteiger charge is -2.26. The van der Waals surface area contributed by atoms with Crippen LogP contribution in [0.4, 0.5) is 8.78 Å². The number of aromatic hydroxyl groups is 1. The Morgan fingerprint density at radius 3 is 2.68 bits per heavy atom. The number of benzene rings is 2. The average Bonchev–Trinajstić information content (AvgIpc) is 3.39. The number of para-hydroxylation sites is 1. The third-order valence-electron chi connectivity index (χ3n) is 6.24. The molecule has 34 heavy (non-hydrogen) atoms. The minimum atomic E-state index is -3.43. The second-order valence-corrected chi connectivity index (χ2v) is 10.8. The standard InChI is InChI=1S/C24H26F2N2O5S/c1-14(29)21-13-33-23(27-21)24(9-8-16(12-24)28-34(2,31)32)11-15-6-7-19(25)18(10-15)17-4-3-5-20(26)22(17)30/h3-7,10,13-14,16,28-30H,8-9,11-12H2,1-2H3/t14-,16+,24-/m1/s1. The number of phenolic OH excluding ortho intramolecular Hbond substituents is 1. The van der Waals surface area contributed by atoms with Gasteiger partial charge in [-0.05, 0) is 56.4 Å². The molecule has 0 saturated heterocycles. The van der Waals surface area contributed by atoms with Crippen molar-refractivity contribution in [3.63, 3.8) is 0 Å². The Morgan fingerprint density at radius 2 is 2.00 bits per heavy atom. The van der Waals surface area contributed by atoms with Gasteiger partial charge >= 0.3 is 0 Å². The van der Waals surface area contributed by atoms with Crippen molar-refractivity contribution >= 4 is 10.0 Å². The van der Waals surface area contributed by atoms with Crippen LogP contribution in [-0.4, -0.2) is 35.9 Å². The number of aliphatic hydroxyl groups excluding tert-OH is 1. The van der Waals surface area contributed by atoms with Crippen molar-refractivity contribution in [2.75, 3.05) is 6.26 Å². The van der Waals surface area contributed by atoms with Crippen molar-refractivity contribution in [2.45, 2.75) is 50.2 Å². The van der Waals surface area contributed by atoms with Crippen molar-refractivity contribution in [3.8, 4) is 16.9 Å². The number of aliphatic hydroxyl groups is 1. The van der Waals surface area contributed by atoms with Crippen LogP contribution in [0.5, 0.6) is 5.75 Å². The molecule has 182 valence electrons. The number of hydrogen-bond donors (Lipinski definition) is 3. The summed E-state index contributed by atoms with van der Waals surface area (Å²) < 4.78 is 60.5. The van der Waals surface area contributed by atoms with Crippen molar-refractivity contribution in [2.24, 2.45) is 0 Å². The Bertz CT molecular complexity index is 1310. The Labute approximate surface area is 196 Å². The number of nitrogens with zero attached hydrogens (tertiary/aromatic N) is 1. The predicted molar refractivity (Wildman–Crippen MR) is 122 cm³/mol. The molecule has 0 unspecified atom stereocenters. The summed E-state index contributed by atoms with van der Waals surface area (Å²) in [5.41, 5.74) is 0.402. The van der Waals surface area contributed by atoms with Gasteiger partial charge in [0.2, 0.25) is 15.9 Å². The lowest BCUT2D eigenvalue weighted by molar-refractivity contribution is 0.194. The van der Waals surface area contributed by atoms with E-state index >= 15 is 0 Å². The molecule has 3 aromatic rings. The first kappa shape index (κ1) is 24.3. The van der Waals surface area contributed by atoms with E-state index in [0.717, 1.165) is 12.3 Å². The molecule has 1 aliphatic rings. The lowest BCUT2D eigenvalue weighted by Crippen LogP contribution is -2.35. The van der Waals surface area contributed by atoms with Crippen molar-refractivity contribution in [1.82, 2.24) is 9.71 Å². The molecule has 1 saturated carbocycles. The van der Waals surface area contributed by atoms with Gasteiger partial charge in [-0.3, -0.25) is 0 Å². The number of aromatic nitrogens is 1. The number of nitrogens with one attached hydrogen (secondary N) is 1. The van der Waals surface area contributed by atoms with E-state index < -0.39 is 38.9 Å². The molecule has 3 atom stereocenters. The van der Waals surface area contributed by atoms with Crippen LogP contribution in [0.3, 0.4) is 0 Å². The Balaban J connectivity index is 1.73. The van der Waals surface area contributed by atoms with Crippen LogP contribution in [-0.2, 0) is 21.9 Å². The van der Waals surface area contributed by atoms with Gasteiger partial charge in [0.15, 0.2) is 11.6 Å². The molecule has 0 amide bonds. The van der Waals surface area contributed by atoms with Crippen molar-refractivity contribution < 1.29 is 31.8 Å². The highest BCUT2D eigenvalue weighted by molar-refractivity contribution is 7.88. The van der Waals surface area contributed by atoms with E-state index in [1.165, 1.54) is 24.5 Å². The minimum Gasteiger partial charge on any atom is -0.504 e. The maximum Gasteiger partial charge on any atom is 0.208 e. The van der Waals surface area contributed by atoms with Gasteiger partial charge < -0.3 is 14.6 Å². The topological polar surface area (TPSA) is 113 Å². The van der Waals surface area contributed by atoms with Crippen LogP contribution < -0.4 is 4.72 Å². The normalized spacial score (nSPS) is 21.6. The molecule has 1 aliphatic carbocycles.